The van der Waals surface area contributed by atoms with Gasteiger partial charge in [-0.2, -0.15) is 0 Å². The van der Waals surface area contributed by atoms with E-state index in [-0.39, 0.29) is 11.9 Å². The lowest BCUT2D eigenvalue weighted by Crippen LogP contribution is -2.37. The molecule has 5 nitrogen and oxygen atoms in total. The zero-order valence-electron chi connectivity index (χ0n) is 14.9. The standard InChI is InChI=1S/C20H22N4OS/c1-24(2)18(15-6-4-3-5-7-15)19(25)22-13-10-17-14-26-20(23-17)16-8-11-21-12-9-16/h3-9,11-12,14,18H,10,13H2,1-2H3,(H,22,25). The number of hydrogen-bond donors (Lipinski definition) is 1. The number of amides is 1. The van der Waals surface area contributed by atoms with E-state index in [1.54, 1.807) is 23.7 Å². The van der Waals surface area contributed by atoms with Gasteiger partial charge in [0.1, 0.15) is 11.0 Å². The molecule has 26 heavy (non-hydrogen) atoms. The minimum Gasteiger partial charge on any atom is -0.354 e. The zero-order chi connectivity index (χ0) is 18.4. The normalized spacial score (nSPS) is 12.1. The van der Waals surface area contributed by atoms with Gasteiger partial charge in [0.25, 0.3) is 0 Å². The molecule has 134 valence electrons. The Morgan fingerprint density at radius 1 is 1.15 bits per heavy atom. The highest BCUT2D eigenvalue weighted by atomic mass is 32.1. The fourth-order valence-corrected chi connectivity index (χ4v) is 3.64. The number of likely N-dealkylation sites (N-methyl/N-ethyl adjacent to an activating group) is 1. The molecule has 0 aliphatic rings. The van der Waals surface area contributed by atoms with Gasteiger partial charge in [-0.1, -0.05) is 30.3 Å². The third-order valence-corrected chi connectivity index (χ3v) is 4.98. The van der Waals surface area contributed by atoms with Crippen LogP contribution >= 0.6 is 11.3 Å². The zero-order valence-corrected chi connectivity index (χ0v) is 15.7. The number of aromatic nitrogens is 2. The third-order valence-electron chi connectivity index (χ3n) is 4.04. The van der Waals surface area contributed by atoms with Crippen LogP contribution < -0.4 is 5.32 Å². The van der Waals surface area contributed by atoms with Crippen molar-refractivity contribution in [3.8, 4) is 10.6 Å². The maximum Gasteiger partial charge on any atom is 0.241 e. The first-order valence-corrected chi connectivity index (χ1v) is 9.37. The number of nitrogens with one attached hydrogen (secondary N) is 1. The fourth-order valence-electron chi connectivity index (χ4n) is 2.78. The number of hydrogen-bond acceptors (Lipinski definition) is 5. The molecule has 1 N–H and O–H groups in total. The SMILES string of the molecule is CN(C)C(C(=O)NCCc1csc(-c2ccncc2)n1)c1ccccc1. The molecule has 0 aliphatic heterocycles. The van der Waals surface area contributed by atoms with Gasteiger partial charge in [0, 0.05) is 36.3 Å². The first kappa shape index (κ1) is 18.2. The van der Waals surface area contributed by atoms with E-state index in [2.05, 4.69) is 15.3 Å². The summed E-state index contributed by atoms with van der Waals surface area (Å²) < 4.78 is 0. The second-order valence-corrected chi connectivity index (χ2v) is 7.06. The lowest BCUT2D eigenvalue weighted by molar-refractivity contribution is -0.125. The summed E-state index contributed by atoms with van der Waals surface area (Å²) in [5.41, 5.74) is 3.05. The lowest BCUT2D eigenvalue weighted by Gasteiger charge is -2.23. The Labute approximate surface area is 157 Å². The van der Waals surface area contributed by atoms with Crippen LogP contribution in [0.25, 0.3) is 10.6 Å². The Kier molecular flexibility index (Phi) is 6.09. The van der Waals surface area contributed by atoms with Gasteiger partial charge >= 0.3 is 0 Å². The third kappa shape index (κ3) is 4.53. The Balaban J connectivity index is 1.57. The van der Waals surface area contributed by atoms with Crippen molar-refractivity contribution >= 4 is 17.2 Å². The number of nitrogens with zero attached hydrogens (tertiary/aromatic N) is 3. The summed E-state index contributed by atoms with van der Waals surface area (Å²) >= 11 is 1.61. The van der Waals surface area contributed by atoms with Gasteiger partial charge in [-0.3, -0.25) is 14.7 Å². The second-order valence-electron chi connectivity index (χ2n) is 6.20. The number of benzene rings is 1. The van der Waals surface area contributed by atoms with Crippen LogP contribution in [0.5, 0.6) is 0 Å². The van der Waals surface area contributed by atoms with Crippen LogP contribution in [0, 0.1) is 0 Å². The average molecular weight is 366 g/mol. The highest BCUT2D eigenvalue weighted by Crippen LogP contribution is 2.23. The highest BCUT2D eigenvalue weighted by Gasteiger charge is 2.22. The van der Waals surface area contributed by atoms with Gasteiger partial charge < -0.3 is 5.32 Å². The van der Waals surface area contributed by atoms with Crippen molar-refractivity contribution in [1.29, 1.82) is 0 Å². The van der Waals surface area contributed by atoms with Crippen molar-refractivity contribution in [3.05, 3.63) is 71.5 Å². The summed E-state index contributed by atoms with van der Waals surface area (Å²) in [4.78, 5) is 23.2. The van der Waals surface area contributed by atoms with Crippen molar-refractivity contribution in [2.24, 2.45) is 0 Å². The van der Waals surface area contributed by atoms with Crippen LogP contribution in [-0.4, -0.2) is 41.4 Å². The number of pyridine rings is 1. The predicted octanol–water partition coefficient (Wildman–Crippen LogP) is 3.17. The molecule has 0 spiro atoms. The van der Waals surface area contributed by atoms with E-state index >= 15 is 0 Å². The van der Waals surface area contributed by atoms with Crippen LogP contribution in [-0.2, 0) is 11.2 Å². The quantitative estimate of drug-likeness (QED) is 0.698. The van der Waals surface area contributed by atoms with Gasteiger partial charge in [-0.15, -0.1) is 11.3 Å². The van der Waals surface area contributed by atoms with Crippen LogP contribution in [0.3, 0.4) is 0 Å². The van der Waals surface area contributed by atoms with Crippen molar-refractivity contribution < 1.29 is 4.79 Å². The Hall–Kier alpha value is -2.57. The summed E-state index contributed by atoms with van der Waals surface area (Å²) in [5, 5.41) is 6.05. The maximum atomic E-state index is 12.6. The number of rotatable bonds is 7. The van der Waals surface area contributed by atoms with E-state index < -0.39 is 0 Å². The molecule has 0 radical (unpaired) electrons. The van der Waals surface area contributed by atoms with E-state index in [1.807, 2.05) is 66.8 Å². The minimum absolute atomic E-state index is 0.00536. The molecule has 1 aromatic carbocycles. The lowest BCUT2D eigenvalue weighted by atomic mass is 10.1. The molecule has 3 rings (SSSR count). The van der Waals surface area contributed by atoms with Gasteiger partial charge in [0.2, 0.25) is 5.91 Å². The largest absolute Gasteiger partial charge is 0.354 e. The highest BCUT2D eigenvalue weighted by molar-refractivity contribution is 7.13. The van der Waals surface area contributed by atoms with Gasteiger partial charge in [0.15, 0.2) is 0 Å². The molecule has 0 aliphatic carbocycles. The molecule has 2 aromatic heterocycles. The summed E-state index contributed by atoms with van der Waals surface area (Å²) in [5.74, 6) is 0.00536. The first-order chi connectivity index (χ1) is 12.6. The van der Waals surface area contributed by atoms with Crippen LogP contribution in [0.2, 0.25) is 0 Å². The second kappa shape index (κ2) is 8.69. The molecule has 0 fully saturated rings. The number of thiazole rings is 1. The summed E-state index contributed by atoms with van der Waals surface area (Å²) in [6.45, 7) is 0.565. The van der Waals surface area contributed by atoms with E-state index in [0.29, 0.717) is 13.0 Å². The fraction of sp³-hybridized carbons (Fsp3) is 0.250. The van der Waals surface area contributed by atoms with E-state index in [4.69, 9.17) is 0 Å². The Morgan fingerprint density at radius 3 is 2.58 bits per heavy atom. The molecule has 1 amide bonds. The first-order valence-electron chi connectivity index (χ1n) is 8.49. The van der Waals surface area contributed by atoms with Gasteiger partial charge in [0.05, 0.1) is 5.69 Å². The molecule has 3 aromatic rings. The van der Waals surface area contributed by atoms with Crippen LogP contribution in [0.15, 0.2) is 60.2 Å². The van der Waals surface area contributed by atoms with Crippen molar-refractivity contribution in [2.75, 3.05) is 20.6 Å². The predicted molar refractivity (Wildman–Crippen MR) is 105 cm³/mol. The van der Waals surface area contributed by atoms with Crippen molar-refractivity contribution in [2.45, 2.75) is 12.5 Å². The van der Waals surface area contributed by atoms with Crippen molar-refractivity contribution in [1.82, 2.24) is 20.2 Å². The summed E-state index contributed by atoms with van der Waals surface area (Å²) in [6.07, 6.45) is 4.24. The molecule has 6 heteroatoms. The number of carbonyl (C=O) groups is 1. The van der Waals surface area contributed by atoms with E-state index in [9.17, 15) is 4.79 Å². The van der Waals surface area contributed by atoms with E-state index in [0.717, 1.165) is 21.8 Å². The van der Waals surface area contributed by atoms with Gasteiger partial charge in [-0.25, -0.2) is 4.98 Å². The molecule has 1 unspecified atom stereocenters. The smallest absolute Gasteiger partial charge is 0.241 e. The Bertz CT molecular complexity index is 833. The van der Waals surface area contributed by atoms with Crippen LogP contribution in [0.4, 0.5) is 0 Å². The van der Waals surface area contributed by atoms with Crippen molar-refractivity contribution in [3.63, 3.8) is 0 Å². The Morgan fingerprint density at radius 2 is 1.88 bits per heavy atom. The maximum absolute atomic E-state index is 12.6. The van der Waals surface area contributed by atoms with Gasteiger partial charge in [-0.05, 0) is 31.8 Å². The topological polar surface area (TPSA) is 58.1 Å². The molecular weight excluding hydrogens is 344 g/mol. The van der Waals surface area contributed by atoms with E-state index in [1.165, 1.54) is 0 Å². The summed E-state index contributed by atoms with van der Waals surface area (Å²) in [7, 11) is 3.83. The monoisotopic (exact) mass is 366 g/mol. The number of carbonyl (C=O) groups excluding carboxylic acids is 1. The molecule has 0 saturated heterocycles. The van der Waals surface area contributed by atoms with Crippen LogP contribution in [0.1, 0.15) is 17.3 Å². The summed E-state index contributed by atoms with van der Waals surface area (Å²) in [6, 6.07) is 13.4. The minimum atomic E-state index is -0.293. The molecule has 0 bridgehead atoms. The molecule has 2 heterocycles. The molecule has 0 saturated carbocycles. The molecular formula is C20H22N4OS. The average Bonchev–Trinajstić information content (AvgIpc) is 3.12. The molecule has 1 atom stereocenters.